The van der Waals surface area contributed by atoms with Gasteiger partial charge < -0.3 is 11.1 Å². The summed E-state index contributed by atoms with van der Waals surface area (Å²) in [6.07, 6.45) is 5.46. The predicted molar refractivity (Wildman–Crippen MR) is 71.5 cm³/mol. The molecule has 0 aromatic heterocycles. The third-order valence-corrected chi connectivity index (χ3v) is 4.61. The summed E-state index contributed by atoms with van der Waals surface area (Å²) in [4.78, 5) is 12.1. The van der Waals surface area contributed by atoms with Crippen molar-refractivity contribution < 1.29 is 4.79 Å². The highest BCUT2D eigenvalue weighted by molar-refractivity contribution is 5.97. The van der Waals surface area contributed by atoms with Crippen molar-refractivity contribution in [2.45, 2.75) is 43.2 Å². The molecule has 0 aliphatic heterocycles. The second kappa shape index (κ2) is 4.18. The Kier molecular flexibility index (Phi) is 2.76. The standard InChI is InChI=1S/C15H20N2O/c16-14-6-8-15(11-14,9-7-14)17-10-13(18)12-4-2-1-3-5-12/h1-5,17H,6-11,16H2. The molecule has 3 N–H and O–H groups in total. The minimum Gasteiger partial charge on any atom is -0.325 e. The van der Waals surface area contributed by atoms with Gasteiger partial charge in [0.15, 0.2) is 5.78 Å². The molecule has 2 saturated carbocycles. The number of Topliss-reactive ketones (excluding diaryl/α,β-unsaturated/α-hetero) is 1. The summed E-state index contributed by atoms with van der Waals surface area (Å²) in [5.41, 5.74) is 7.25. The maximum absolute atomic E-state index is 12.1. The molecule has 1 aromatic carbocycles. The Morgan fingerprint density at radius 1 is 1.17 bits per heavy atom. The molecule has 1 aromatic rings. The smallest absolute Gasteiger partial charge is 0.176 e. The van der Waals surface area contributed by atoms with Gasteiger partial charge in [0.25, 0.3) is 0 Å². The van der Waals surface area contributed by atoms with E-state index in [2.05, 4.69) is 5.32 Å². The van der Waals surface area contributed by atoms with Crippen molar-refractivity contribution in [3.05, 3.63) is 35.9 Å². The number of ketones is 1. The van der Waals surface area contributed by atoms with E-state index < -0.39 is 0 Å². The number of carbonyl (C=O) groups excluding carboxylic acids is 1. The first kappa shape index (κ1) is 11.9. The molecule has 0 radical (unpaired) electrons. The molecular weight excluding hydrogens is 224 g/mol. The fourth-order valence-electron chi connectivity index (χ4n) is 3.49. The Labute approximate surface area is 108 Å². The Morgan fingerprint density at radius 3 is 2.39 bits per heavy atom. The summed E-state index contributed by atoms with van der Waals surface area (Å²) in [5, 5.41) is 3.48. The summed E-state index contributed by atoms with van der Waals surface area (Å²) in [5.74, 6) is 0.173. The zero-order valence-corrected chi connectivity index (χ0v) is 10.6. The average Bonchev–Trinajstić information content (AvgIpc) is 2.91. The van der Waals surface area contributed by atoms with Crippen molar-refractivity contribution in [1.29, 1.82) is 0 Å². The summed E-state index contributed by atoms with van der Waals surface area (Å²) in [6.45, 7) is 0.431. The summed E-state index contributed by atoms with van der Waals surface area (Å²) >= 11 is 0. The van der Waals surface area contributed by atoms with Crippen LogP contribution < -0.4 is 11.1 Å². The third kappa shape index (κ3) is 2.08. The largest absolute Gasteiger partial charge is 0.325 e. The van der Waals surface area contributed by atoms with Gasteiger partial charge in [-0.3, -0.25) is 4.79 Å². The number of hydrogen-bond acceptors (Lipinski definition) is 3. The number of rotatable bonds is 4. The fraction of sp³-hybridized carbons (Fsp3) is 0.533. The van der Waals surface area contributed by atoms with Crippen molar-refractivity contribution in [3.8, 4) is 0 Å². The van der Waals surface area contributed by atoms with Gasteiger partial charge in [-0.2, -0.15) is 0 Å². The number of nitrogens with one attached hydrogen (secondary N) is 1. The molecule has 0 heterocycles. The van der Waals surface area contributed by atoms with Crippen molar-refractivity contribution in [2.24, 2.45) is 5.73 Å². The Morgan fingerprint density at radius 2 is 1.83 bits per heavy atom. The van der Waals surface area contributed by atoms with Crippen LogP contribution in [-0.2, 0) is 0 Å². The predicted octanol–water partition coefficient (Wildman–Crippen LogP) is 1.87. The van der Waals surface area contributed by atoms with E-state index in [1.807, 2.05) is 30.3 Å². The van der Waals surface area contributed by atoms with Crippen LogP contribution in [0.2, 0.25) is 0 Å². The molecule has 0 unspecified atom stereocenters. The van der Waals surface area contributed by atoms with Crippen LogP contribution in [0.5, 0.6) is 0 Å². The number of fused-ring (bicyclic) bond motifs is 2. The molecule has 2 bridgehead atoms. The van der Waals surface area contributed by atoms with E-state index in [1.54, 1.807) is 0 Å². The van der Waals surface area contributed by atoms with E-state index in [9.17, 15) is 4.79 Å². The second-order valence-corrected chi connectivity index (χ2v) is 5.96. The molecule has 0 spiro atoms. The first-order valence-electron chi connectivity index (χ1n) is 6.73. The summed E-state index contributed by atoms with van der Waals surface area (Å²) < 4.78 is 0. The van der Waals surface area contributed by atoms with E-state index in [1.165, 1.54) is 0 Å². The van der Waals surface area contributed by atoms with Gasteiger partial charge in [0.05, 0.1) is 6.54 Å². The van der Waals surface area contributed by atoms with Crippen LogP contribution in [0.1, 0.15) is 42.5 Å². The van der Waals surface area contributed by atoms with Crippen LogP contribution in [0.3, 0.4) is 0 Å². The van der Waals surface area contributed by atoms with Crippen LogP contribution in [0, 0.1) is 0 Å². The number of hydrogen-bond donors (Lipinski definition) is 2. The molecule has 3 rings (SSSR count). The van der Waals surface area contributed by atoms with E-state index >= 15 is 0 Å². The highest BCUT2D eigenvalue weighted by Gasteiger charge is 2.51. The molecule has 0 atom stereocenters. The zero-order valence-electron chi connectivity index (χ0n) is 10.6. The molecular formula is C15H20N2O. The van der Waals surface area contributed by atoms with Gasteiger partial charge in [0.2, 0.25) is 0 Å². The van der Waals surface area contributed by atoms with Crippen LogP contribution in [0.4, 0.5) is 0 Å². The Balaban J connectivity index is 1.61. The first-order valence-corrected chi connectivity index (χ1v) is 6.73. The lowest BCUT2D eigenvalue weighted by atomic mass is 9.91. The first-order chi connectivity index (χ1) is 8.61. The molecule has 3 nitrogen and oxygen atoms in total. The van der Waals surface area contributed by atoms with E-state index in [4.69, 9.17) is 5.73 Å². The topological polar surface area (TPSA) is 55.1 Å². The van der Waals surface area contributed by atoms with Crippen molar-refractivity contribution in [1.82, 2.24) is 5.32 Å². The fourth-order valence-corrected chi connectivity index (χ4v) is 3.49. The van der Waals surface area contributed by atoms with Crippen LogP contribution in [0.25, 0.3) is 0 Å². The number of benzene rings is 1. The van der Waals surface area contributed by atoms with Gasteiger partial charge in [0, 0.05) is 16.6 Å². The highest BCUT2D eigenvalue weighted by Crippen LogP contribution is 2.48. The van der Waals surface area contributed by atoms with Gasteiger partial charge >= 0.3 is 0 Å². The minimum absolute atomic E-state index is 0.0444. The number of carbonyl (C=O) groups is 1. The summed E-state index contributed by atoms with van der Waals surface area (Å²) in [7, 11) is 0. The van der Waals surface area contributed by atoms with Gasteiger partial charge in [-0.25, -0.2) is 0 Å². The summed E-state index contributed by atoms with van der Waals surface area (Å²) in [6, 6.07) is 9.49. The SMILES string of the molecule is NC12CCC(NCC(=O)c3ccccc3)(CC1)C2. The van der Waals surface area contributed by atoms with Crippen LogP contribution >= 0.6 is 0 Å². The lowest BCUT2D eigenvalue weighted by molar-refractivity contribution is 0.0977. The van der Waals surface area contributed by atoms with Gasteiger partial charge in [-0.1, -0.05) is 30.3 Å². The maximum atomic E-state index is 12.1. The number of nitrogens with two attached hydrogens (primary N) is 1. The van der Waals surface area contributed by atoms with Crippen molar-refractivity contribution in [2.75, 3.05) is 6.54 Å². The molecule has 18 heavy (non-hydrogen) atoms. The van der Waals surface area contributed by atoms with Gasteiger partial charge in [-0.05, 0) is 32.1 Å². The second-order valence-electron chi connectivity index (χ2n) is 5.96. The quantitative estimate of drug-likeness (QED) is 0.795. The van der Waals surface area contributed by atoms with Crippen molar-refractivity contribution in [3.63, 3.8) is 0 Å². The van der Waals surface area contributed by atoms with E-state index in [0.29, 0.717) is 6.54 Å². The monoisotopic (exact) mass is 244 g/mol. The van der Waals surface area contributed by atoms with Crippen LogP contribution in [-0.4, -0.2) is 23.4 Å². The van der Waals surface area contributed by atoms with Gasteiger partial charge in [-0.15, -0.1) is 0 Å². The Bertz CT molecular complexity index is 447. The normalized spacial score (nSPS) is 33.8. The molecule has 0 amide bonds. The lowest BCUT2D eigenvalue weighted by Gasteiger charge is -2.27. The van der Waals surface area contributed by atoms with Crippen molar-refractivity contribution >= 4 is 5.78 Å². The average molecular weight is 244 g/mol. The Hall–Kier alpha value is -1.19. The maximum Gasteiger partial charge on any atom is 0.176 e. The molecule has 96 valence electrons. The van der Waals surface area contributed by atoms with Gasteiger partial charge in [0.1, 0.15) is 0 Å². The lowest BCUT2D eigenvalue weighted by Crippen LogP contribution is -2.43. The molecule has 2 aliphatic carbocycles. The molecule has 3 heteroatoms. The third-order valence-electron chi connectivity index (χ3n) is 4.61. The van der Waals surface area contributed by atoms with E-state index in [0.717, 1.165) is 37.7 Å². The van der Waals surface area contributed by atoms with Crippen LogP contribution in [0.15, 0.2) is 30.3 Å². The molecule has 0 saturated heterocycles. The molecule has 2 aliphatic rings. The minimum atomic E-state index is 0.0444. The molecule has 2 fully saturated rings. The van der Waals surface area contributed by atoms with E-state index in [-0.39, 0.29) is 16.9 Å². The zero-order chi connectivity index (χ0) is 12.6. The highest BCUT2D eigenvalue weighted by atomic mass is 16.1.